The second-order valence-electron chi connectivity index (χ2n) is 24.2. The van der Waals surface area contributed by atoms with E-state index in [0.29, 0.717) is 34.9 Å². The molecule has 9 nitrogen and oxygen atoms in total. The van der Waals surface area contributed by atoms with Crippen molar-refractivity contribution in [3.05, 3.63) is 315 Å². The molecule has 0 N–H and O–H groups in total. The van der Waals surface area contributed by atoms with Crippen molar-refractivity contribution in [3.8, 4) is 102 Å². The number of rotatable bonds is 10. The van der Waals surface area contributed by atoms with Crippen LogP contribution in [0.1, 0.15) is 0 Å². The van der Waals surface area contributed by atoms with E-state index in [0.717, 1.165) is 143 Å². The van der Waals surface area contributed by atoms with Crippen LogP contribution < -0.4 is 0 Å². The van der Waals surface area contributed by atoms with Crippen molar-refractivity contribution in [2.24, 2.45) is 0 Å². The maximum Gasteiger partial charge on any atom is 0.164 e. The molecule has 9 heteroatoms. The van der Waals surface area contributed by atoms with Gasteiger partial charge < -0.3 is 13.6 Å². The lowest BCUT2D eigenvalue weighted by atomic mass is 9.90. The Morgan fingerprint density at radius 2 is 0.684 bits per heavy atom. The molecule has 0 radical (unpaired) electrons. The summed E-state index contributed by atoms with van der Waals surface area (Å²) in [5.74, 6) is 3.49. The first kappa shape index (κ1) is 53.8. The number of aromatic nitrogens is 8. The Balaban J connectivity index is 0.758. The largest absolute Gasteiger partial charge is 0.456 e. The smallest absolute Gasteiger partial charge is 0.164 e. The van der Waals surface area contributed by atoms with E-state index in [4.69, 9.17) is 34.3 Å². The highest BCUT2D eigenvalue weighted by molar-refractivity contribution is 6.16. The van der Waals surface area contributed by atoms with Gasteiger partial charge in [0.2, 0.25) is 0 Å². The van der Waals surface area contributed by atoms with Gasteiger partial charge in [0.25, 0.3) is 0 Å². The van der Waals surface area contributed by atoms with Gasteiger partial charge in [0.1, 0.15) is 11.2 Å². The molecule has 5 aromatic heterocycles. The predicted octanol–water partition coefficient (Wildman–Crippen LogP) is 21.8. The average Bonchev–Trinajstić information content (AvgIpc) is 1.64. The third-order valence-electron chi connectivity index (χ3n) is 18.6. The van der Waals surface area contributed by atoms with E-state index in [1.54, 1.807) is 0 Å². The first-order valence-corrected chi connectivity index (χ1v) is 31.9. The van der Waals surface area contributed by atoms with Crippen molar-refractivity contribution in [2.45, 2.75) is 0 Å². The molecule has 0 aliphatic carbocycles. The number of benzene rings is 14. The molecule has 0 fully saturated rings. The summed E-state index contributed by atoms with van der Waals surface area (Å²) >= 11 is 0. The van der Waals surface area contributed by atoms with E-state index in [1.165, 1.54) is 10.8 Å². The molecule has 0 amide bonds. The zero-order valence-electron chi connectivity index (χ0n) is 51.0. The lowest BCUT2D eigenvalue weighted by Crippen LogP contribution is -2.02. The minimum absolute atomic E-state index is 0.564. The fraction of sp³-hybridized carbons (Fsp3) is 0. The number of para-hydroxylation sites is 4. The van der Waals surface area contributed by atoms with E-state index < -0.39 is 0 Å². The Hall–Kier alpha value is -13.0. The van der Waals surface area contributed by atoms with Crippen LogP contribution in [0.2, 0.25) is 0 Å². The summed E-state index contributed by atoms with van der Waals surface area (Å²) in [6.45, 7) is 0. The molecule has 0 saturated carbocycles. The highest BCUT2D eigenvalue weighted by atomic mass is 16.3. The lowest BCUT2D eigenvalue weighted by molar-refractivity contribution is 0.669. The normalized spacial score (nSPS) is 11.8. The first-order chi connectivity index (χ1) is 47.1. The predicted molar refractivity (Wildman–Crippen MR) is 388 cm³/mol. The molecule has 0 aliphatic rings. The second-order valence-corrected chi connectivity index (χ2v) is 24.2. The van der Waals surface area contributed by atoms with Gasteiger partial charge in [0, 0.05) is 82.6 Å². The van der Waals surface area contributed by atoms with Gasteiger partial charge in [0.05, 0.1) is 22.1 Å². The van der Waals surface area contributed by atoms with Crippen LogP contribution in [-0.2, 0) is 0 Å². The topological polar surface area (TPSA) is 100 Å². The van der Waals surface area contributed by atoms with E-state index in [9.17, 15) is 0 Å². The van der Waals surface area contributed by atoms with Gasteiger partial charge in [-0.3, -0.25) is 0 Å². The highest BCUT2D eigenvalue weighted by Gasteiger charge is 2.24. The van der Waals surface area contributed by atoms with Gasteiger partial charge in [0.15, 0.2) is 34.9 Å². The van der Waals surface area contributed by atoms with Crippen LogP contribution in [0, 0.1) is 0 Å². The van der Waals surface area contributed by atoms with Crippen molar-refractivity contribution in [1.29, 1.82) is 0 Å². The number of fused-ring (bicyclic) bond motifs is 11. The van der Waals surface area contributed by atoms with Gasteiger partial charge >= 0.3 is 0 Å². The van der Waals surface area contributed by atoms with Crippen molar-refractivity contribution in [1.82, 2.24) is 39.0 Å². The first-order valence-electron chi connectivity index (χ1n) is 31.9. The van der Waals surface area contributed by atoms with Gasteiger partial charge in [-0.05, 0) is 123 Å². The average molecular weight is 1210 g/mol. The summed E-state index contributed by atoms with van der Waals surface area (Å²) < 4.78 is 11.1. The Bertz CT molecular complexity index is 6280. The maximum absolute atomic E-state index is 6.35. The third kappa shape index (κ3) is 9.08. The van der Waals surface area contributed by atoms with Crippen LogP contribution in [-0.4, -0.2) is 39.0 Å². The minimum atomic E-state index is 0.564. The van der Waals surface area contributed by atoms with E-state index in [2.05, 4.69) is 252 Å². The number of hydrogen-bond acceptors (Lipinski definition) is 7. The molecular formula is C86H52N8O. The molecule has 0 unspecified atom stereocenters. The SMILES string of the molecule is c1ccc(-c2nc(-c3ccc4cc5c6ccccc6n(-c6cccc(-c7cccc(-c8nc(-c9ccccc9)nc(-c9cccc%10cc%11c%12ccccc%12n(-c%12ccccc%12)c%11cc9%10)n8)c7-c7ccccc7)c6)c5cc4c3)nc(-c3ccc4c(c3)oc3ccccc34)n2)cc1. The number of furan rings is 1. The van der Waals surface area contributed by atoms with E-state index in [1.807, 2.05) is 72.8 Å². The maximum atomic E-state index is 6.35. The monoisotopic (exact) mass is 1210 g/mol. The summed E-state index contributed by atoms with van der Waals surface area (Å²) in [4.78, 5) is 31.8. The zero-order chi connectivity index (χ0) is 62.5. The van der Waals surface area contributed by atoms with Crippen LogP contribution in [0.25, 0.3) is 189 Å². The van der Waals surface area contributed by atoms with Crippen LogP contribution in [0.5, 0.6) is 0 Å². The quantitative estimate of drug-likeness (QED) is 0.134. The van der Waals surface area contributed by atoms with Gasteiger partial charge in [-0.15, -0.1) is 0 Å². The van der Waals surface area contributed by atoms with Crippen molar-refractivity contribution < 1.29 is 4.42 Å². The Morgan fingerprint density at radius 1 is 0.211 bits per heavy atom. The summed E-state index contributed by atoms with van der Waals surface area (Å²) in [7, 11) is 0. The van der Waals surface area contributed by atoms with Crippen molar-refractivity contribution >= 4 is 87.1 Å². The lowest BCUT2D eigenvalue weighted by Gasteiger charge is -2.18. The van der Waals surface area contributed by atoms with Crippen LogP contribution in [0.15, 0.2) is 320 Å². The molecule has 442 valence electrons. The van der Waals surface area contributed by atoms with Crippen molar-refractivity contribution in [3.63, 3.8) is 0 Å². The summed E-state index contributed by atoms with van der Waals surface area (Å²) in [6.07, 6.45) is 0. The fourth-order valence-corrected chi connectivity index (χ4v) is 14.2. The second kappa shape index (κ2) is 21.9. The van der Waals surface area contributed by atoms with Crippen LogP contribution in [0.4, 0.5) is 0 Å². The molecule has 5 heterocycles. The number of nitrogens with zero attached hydrogens (tertiary/aromatic N) is 8. The Labute approximate surface area is 544 Å². The third-order valence-corrected chi connectivity index (χ3v) is 18.6. The fourth-order valence-electron chi connectivity index (χ4n) is 14.2. The molecular weight excluding hydrogens is 1160 g/mol. The van der Waals surface area contributed by atoms with Crippen LogP contribution >= 0.6 is 0 Å². The number of hydrogen-bond donors (Lipinski definition) is 0. The minimum Gasteiger partial charge on any atom is -0.456 e. The van der Waals surface area contributed by atoms with Gasteiger partial charge in [-0.1, -0.05) is 231 Å². The highest BCUT2D eigenvalue weighted by Crippen LogP contribution is 2.44. The molecule has 14 aromatic carbocycles. The van der Waals surface area contributed by atoms with E-state index in [-0.39, 0.29) is 0 Å². The summed E-state index contributed by atoms with van der Waals surface area (Å²) in [5.41, 5.74) is 17.6. The Kier molecular flexibility index (Phi) is 12.4. The molecule has 0 aliphatic heterocycles. The zero-order valence-corrected chi connectivity index (χ0v) is 51.0. The van der Waals surface area contributed by atoms with Crippen LogP contribution in [0.3, 0.4) is 0 Å². The molecule has 19 aromatic rings. The standard InChI is InChI=1S/C86H52N8O/c1-5-22-53(23-6-1)80-64(36-21-38-70(80)86-91-82(55-26-9-3-10-27-55)90-85(92-86)69-37-20-29-58-49-73-66-34-13-16-39-74(66)93(77(73)52-71(58)69)62-30-11-4-12-31-62)57-28-19-32-63(47-57)94-75-40-17-14-33-65(75)72-48-56-42-43-59(46-61(56)50-76(72)94)83-87-81(54-24-7-2-8-25-54)88-84(89-83)60-44-45-68-67-35-15-18-41-78(67)95-79(68)51-60/h1-52H. The van der Waals surface area contributed by atoms with Gasteiger partial charge in [-0.2, -0.15) is 0 Å². The van der Waals surface area contributed by atoms with Gasteiger partial charge in [-0.25, -0.2) is 29.9 Å². The van der Waals surface area contributed by atoms with E-state index >= 15 is 0 Å². The molecule has 95 heavy (non-hydrogen) atoms. The molecule has 0 spiro atoms. The van der Waals surface area contributed by atoms with Crippen molar-refractivity contribution in [2.75, 3.05) is 0 Å². The molecule has 0 saturated heterocycles. The molecule has 0 bridgehead atoms. The Morgan fingerprint density at radius 3 is 1.39 bits per heavy atom. The summed E-state index contributed by atoms with van der Waals surface area (Å²) in [5, 5.41) is 11.1. The summed E-state index contributed by atoms with van der Waals surface area (Å²) in [6, 6.07) is 111. The molecule has 0 atom stereocenters. The molecule has 19 rings (SSSR count).